The lowest BCUT2D eigenvalue weighted by Gasteiger charge is -2.27. The van der Waals surface area contributed by atoms with Crippen LogP contribution in [0.2, 0.25) is 0 Å². The standard InChI is InChI=1S/C23H29N3O5S/c1-18(27)26-13-7-12-25(32(3,29)30)15-14-24(17-20-8-4-5-11-22(20)26)23(28)19-9-6-10-21(16-19)31-2/h4-6,8-11,16H,7,12-15,17H2,1-3H3. The van der Waals surface area contributed by atoms with Gasteiger partial charge in [-0.05, 0) is 36.2 Å². The highest BCUT2D eigenvalue weighted by molar-refractivity contribution is 7.88. The van der Waals surface area contributed by atoms with Gasteiger partial charge in [-0.2, -0.15) is 0 Å². The molecular formula is C23H29N3O5S. The summed E-state index contributed by atoms with van der Waals surface area (Å²) in [6, 6.07) is 14.3. The van der Waals surface area contributed by atoms with Crippen molar-refractivity contribution in [1.29, 1.82) is 0 Å². The molecule has 1 heterocycles. The highest BCUT2D eigenvalue weighted by Gasteiger charge is 2.25. The second-order valence-corrected chi connectivity index (χ2v) is 9.76. The lowest BCUT2D eigenvalue weighted by molar-refractivity contribution is -0.116. The smallest absolute Gasteiger partial charge is 0.254 e. The largest absolute Gasteiger partial charge is 0.497 e. The molecule has 0 aromatic heterocycles. The van der Waals surface area contributed by atoms with E-state index < -0.39 is 10.0 Å². The molecule has 0 unspecified atom stereocenters. The van der Waals surface area contributed by atoms with Crippen LogP contribution in [0.15, 0.2) is 48.5 Å². The van der Waals surface area contributed by atoms with Crippen LogP contribution in [0.1, 0.15) is 29.3 Å². The predicted octanol–water partition coefficient (Wildman–Crippen LogP) is 2.36. The van der Waals surface area contributed by atoms with Gasteiger partial charge in [0, 0.05) is 50.9 Å². The summed E-state index contributed by atoms with van der Waals surface area (Å²) in [5.74, 6) is 0.198. The Morgan fingerprint density at radius 1 is 0.969 bits per heavy atom. The van der Waals surface area contributed by atoms with Gasteiger partial charge < -0.3 is 14.5 Å². The molecule has 1 aliphatic rings. The molecule has 32 heavy (non-hydrogen) atoms. The molecule has 0 radical (unpaired) electrons. The summed E-state index contributed by atoms with van der Waals surface area (Å²) in [5.41, 5.74) is 2.01. The zero-order valence-corrected chi connectivity index (χ0v) is 19.5. The molecule has 2 aromatic carbocycles. The summed E-state index contributed by atoms with van der Waals surface area (Å²) in [4.78, 5) is 29.1. The van der Waals surface area contributed by atoms with Crippen molar-refractivity contribution >= 4 is 27.5 Å². The van der Waals surface area contributed by atoms with E-state index in [1.54, 1.807) is 34.1 Å². The number of sulfonamides is 1. The van der Waals surface area contributed by atoms with Crippen molar-refractivity contribution in [3.63, 3.8) is 0 Å². The van der Waals surface area contributed by atoms with Gasteiger partial charge in [0.2, 0.25) is 15.9 Å². The van der Waals surface area contributed by atoms with Crippen LogP contribution in [0, 0.1) is 0 Å². The first-order valence-electron chi connectivity index (χ1n) is 10.4. The predicted molar refractivity (Wildman–Crippen MR) is 123 cm³/mol. The lowest BCUT2D eigenvalue weighted by Crippen LogP contribution is -2.41. The molecule has 0 N–H and O–H groups in total. The molecule has 0 bridgehead atoms. The van der Waals surface area contributed by atoms with Crippen LogP contribution in [0.5, 0.6) is 5.75 Å². The Morgan fingerprint density at radius 2 is 1.72 bits per heavy atom. The second-order valence-electron chi connectivity index (χ2n) is 7.77. The average Bonchev–Trinajstić information content (AvgIpc) is 2.80. The van der Waals surface area contributed by atoms with Gasteiger partial charge in [-0.25, -0.2) is 12.7 Å². The molecule has 0 aliphatic carbocycles. The molecule has 8 nitrogen and oxygen atoms in total. The fourth-order valence-electron chi connectivity index (χ4n) is 3.83. The van der Waals surface area contributed by atoms with Crippen LogP contribution in [0.3, 0.4) is 0 Å². The van der Waals surface area contributed by atoms with Gasteiger partial charge in [-0.3, -0.25) is 9.59 Å². The quantitative estimate of drug-likeness (QED) is 0.703. The molecule has 2 amide bonds. The first kappa shape index (κ1) is 23.7. The van der Waals surface area contributed by atoms with Crippen molar-refractivity contribution in [3.05, 3.63) is 59.7 Å². The van der Waals surface area contributed by atoms with Crippen LogP contribution < -0.4 is 9.64 Å². The number of anilines is 1. The maximum Gasteiger partial charge on any atom is 0.254 e. The Hall–Kier alpha value is -2.91. The highest BCUT2D eigenvalue weighted by atomic mass is 32.2. The summed E-state index contributed by atoms with van der Waals surface area (Å²) in [6.45, 7) is 2.79. The first-order chi connectivity index (χ1) is 15.2. The molecule has 0 saturated carbocycles. The number of para-hydroxylation sites is 1. The summed E-state index contributed by atoms with van der Waals surface area (Å²) < 4.78 is 31.3. The van der Waals surface area contributed by atoms with Crippen molar-refractivity contribution in [2.24, 2.45) is 0 Å². The van der Waals surface area contributed by atoms with Gasteiger partial charge >= 0.3 is 0 Å². The molecule has 172 valence electrons. The van der Waals surface area contributed by atoms with E-state index in [9.17, 15) is 18.0 Å². The van der Waals surface area contributed by atoms with Crippen molar-refractivity contribution in [1.82, 2.24) is 9.21 Å². The number of hydrogen-bond acceptors (Lipinski definition) is 5. The van der Waals surface area contributed by atoms with Gasteiger partial charge in [0.15, 0.2) is 0 Å². The van der Waals surface area contributed by atoms with E-state index in [4.69, 9.17) is 4.74 Å². The number of benzene rings is 2. The fourth-order valence-corrected chi connectivity index (χ4v) is 4.71. The van der Waals surface area contributed by atoms with Gasteiger partial charge in [-0.1, -0.05) is 24.3 Å². The SMILES string of the molecule is COc1cccc(C(=O)N2CCN(S(C)(=O)=O)CCCN(C(C)=O)c3ccccc3C2)c1. The van der Waals surface area contributed by atoms with Gasteiger partial charge in [0.25, 0.3) is 5.91 Å². The van der Waals surface area contributed by atoms with Crippen LogP contribution in [-0.4, -0.2) is 69.0 Å². The zero-order valence-electron chi connectivity index (χ0n) is 18.7. The highest BCUT2D eigenvalue weighted by Crippen LogP contribution is 2.25. The summed E-state index contributed by atoms with van der Waals surface area (Å²) in [6.07, 6.45) is 1.66. The first-order valence-corrected chi connectivity index (χ1v) is 12.3. The number of fused-ring (bicyclic) bond motifs is 1. The number of amides is 2. The lowest BCUT2D eigenvalue weighted by atomic mass is 10.1. The molecule has 3 rings (SSSR count). The number of ether oxygens (including phenoxy) is 1. The minimum atomic E-state index is -3.46. The van der Waals surface area contributed by atoms with E-state index >= 15 is 0 Å². The number of hydrogen-bond donors (Lipinski definition) is 0. The molecule has 1 aliphatic heterocycles. The van der Waals surface area contributed by atoms with E-state index in [1.165, 1.54) is 24.6 Å². The van der Waals surface area contributed by atoms with Gasteiger partial charge in [0.1, 0.15) is 5.75 Å². The van der Waals surface area contributed by atoms with Crippen molar-refractivity contribution in [2.75, 3.05) is 44.4 Å². The van der Waals surface area contributed by atoms with Crippen molar-refractivity contribution in [2.45, 2.75) is 19.9 Å². The Bertz CT molecular complexity index is 1090. The minimum Gasteiger partial charge on any atom is -0.497 e. The maximum absolute atomic E-state index is 13.4. The average molecular weight is 460 g/mol. The normalized spacial score (nSPS) is 16.1. The Morgan fingerprint density at radius 3 is 2.41 bits per heavy atom. The van der Waals surface area contributed by atoms with E-state index in [0.29, 0.717) is 24.3 Å². The molecule has 0 fully saturated rings. The van der Waals surface area contributed by atoms with Crippen LogP contribution in [-0.2, 0) is 21.4 Å². The summed E-state index contributed by atoms with van der Waals surface area (Å²) >= 11 is 0. The van der Waals surface area contributed by atoms with E-state index in [0.717, 1.165) is 11.3 Å². The minimum absolute atomic E-state index is 0.131. The second kappa shape index (κ2) is 10.1. The fraction of sp³-hybridized carbons (Fsp3) is 0.391. The zero-order chi connectivity index (χ0) is 23.3. The Kier molecular flexibility index (Phi) is 7.52. The van der Waals surface area contributed by atoms with Crippen molar-refractivity contribution in [3.8, 4) is 5.75 Å². The topological polar surface area (TPSA) is 87.2 Å². The number of nitrogens with zero attached hydrogens (tertiary/aromatic N) is 3. The number of methoxy groups -OCH3 is 1. The molecular weight excluding hydrogens is 430 g/mol. The third kappa shape index (κ3) is 5.66. The number of carbonyl (C=O) groups excluding carboxylic acids is 2. The molecule has 0 spiro atoms. The van der Waals surface area contributed by atoms with Crippen LogP contribution in [0.25, 0.3) is 0 Å². The van der Waals surface area contributed by atoms with Gasteiger partial charge in [-0.15, -0.1) is 0 Å². The monoisotopic (exact) mass is 459 g/mol. The maximum atomic E-state index is 13.4. The molecule has 2 aromatic rings. The summed E-state index contributed by atoms with van der Waals surface area (Å²) in [7, 11) is -1.93. The molecule has 9 heteroatoms. The van der Waals surface area contributed by atoms with Gasteiger partial charge in [0.05, 0.1) is 13.4 Å². The third-order valence-corrected chi connectivity index (χ3v) is 6.81. The molecule has 0 saturated heterocycles. The Balaban J connectivity index is 2.03. The van der Waals surface area contributed by atoms with Crippen LogP contribution in [0.4, 0.5) is 5.69 Å². The van der Waals surface area contributed by atoms with E-state index in [-0.39, 0.29) is 38.0 Å². The number of rotatable bonds is 3. The number of carbonyl (C=O) groups is 2. The van der Waals surface area contributed by atoms with Crippen molar-refractivity contribution < 1.29 is 22.7 Å². The summed E-state index contributed by atoms with van der Waals surface area (Å²) in [5, 5.41) is 0. The van der Waals surface area contributed by atoms with E-state index in [2.05, 4.69) is 0 Å². The molecule has 0 atom stereocenters. The van der Waals surface area contributed by atoms with Crippen LogP contribution >= 0.6 is 0 Å². The Labute approximate surface area is 189 Å². The van der Waals surface area contributed by atoms with E-state index in [1.807, 2.05) is 24.3 Å². The third-order valence-electron chi connectivity index (χ3n) is 5.51.